The zero-order valence-electron chi connectivity index (χ0n) is 10.1. The van der Waals surface area contributed by atoms with Gasteiger partial charge in [0.15, 0.2) is 0 Å². The van der Waals surface area contributed by atoms with Crippen LogP contribution in [0, 0.1) is 5.92 Å². The van der Waals surface area contributed by atoms with Crippen molar-refractivity contribution in [2.45, 2.75) is 39.2 Å². The molecule has 0 saturated carbocycles. The first-order chi connectivity index (χ1) is 7.63. The van der Waals surface area contributed by atoms with Gasteiger partial charge in [-0.2, -0.15) is 0 Å². The van der Waals surface area contributed by atoms with Crippen LogP contribution in [0.25, 0.3) is 0 Å². The molecule has 0 aliphatic carbocycles. The first-order valence-corrected chi connectivity index (χ1v) is 6.49. The zero-order valence-corrected chi connectivity index (χ0v) is 10.9. The van der Waals surface area contributed by atoms with E-state index < -0.39 is 0 Å². The summed E-state index contributed by atoms with van der Waals surface area (Å²) in [5.74, 6) is 1.26. The standard InChI is InChI=1S/C14H21ClO/c1-11(2)9-12-5-3-6-13(10-12)14(16)7-4-8-15/h3,5-6,10-11,14,16H,4,7-9H2,1-2H3. The Morgan fingerprint density at radius 1 is 1.31 bits per heavy atom. The topological polar surface area (TPSA) is 20.2 Å². The van der Waals surface area contributed by atoms with E-state index in [1.54, 1.807) is 0 Å². The van der Waals surface area contributed by atoms with Gasteiger partial charge in [0, 0.05) is 5.88 Å². The third-order valence-electron chi connectivity index (χ3n) is 2.59. The number of hydrogen-bond acceptors (Lipinski definition) is 1. The quantitative estimate of drug-likeness (QED) is 0.747. The van der Waals surface area contributed by atoms with Crippen molar-refractivity contribution in [3.05, 3.63) is 35.4 Å². The average molecular weight is 241 g/mol. The van der Waals surface area contributed by atoms with Crippen molar-refractivity contribution in [2.24, 2.45) is 5.92 Å². The molecule has 1 N–H and O–H groups in total. The molecular weight excluding hydrogens is 220 g/mol. The van der Waals surface area contributed by atoms with Crippen LogP contribution < -0.4 is 0 Å². The van der Waals surface area contributed by atoms with Crippen LogP contribution in [0.1, 0.15) is 43.9 Å². The fraction of sp³-hybridized carbons (Fsp3) is 0.571. The van der Waals surface area contributed by atoms with Crippen LogP contribution in [0.5, 0.6) is 0 Å². The van der Waals surface area contributed by atoms with Crippen LogP contribution in [0.2, 0.25) is 0 Å². The normalized spacial score (nSPS) is 13.1. The van der Waals surface area contributed by atoms with E-state index >= 15 is 0 Å². The number of aliphatic hydroxyl groups excluding tert-OH is 1. The van der Waals surface area contributed by atoms with Gasteiger partial charge in [-0.25, -0.2) is 0 Å². The molecule has 0 aliphatic heterocycles. The molecule has 0 saturated heterocycles. The lowest BCUT2D eigenvalue weighted by molar-refractivity contribution is 0.166. The summed E-state index contributed by atoms with van der Waals surface area (Å²) >= 11 is 5.62. The minimum atomic E-state index is -0.370. The summed E-state index contributed by atoms with van der Waals surface area (Å²) in [6.45, 7) is 4.41. The molecule has 1 aromatic carbocycles. The van der Waals surface area contributed by atoms with Gasteiger partial charge in [-0.3, -0.25) is 0 Å². The molecule has 0 bridgehead atoms. The van der Waals surface area contributed by atoms with Gasteiger partial charge in [-0.1, -0.05) is 38.1 Å². The van der Waals surface area contributed by atoms with E-state index in [-0.39, 0.29) is 6.10 Å². The average Bonchev–Trinajstić information content (AvgIpc) is 2.25. The third-order valence-corrected chi connectivity index (χ3v) is 2.86. The van der Waals surface area contributed by atoms with E-state index in [2.05, 4.69) is 26.0 Å². The van der Waals surface area contributed by atoms with Crippen molar-refractivity contribution in [2.75, 3.05) is 5.88 Å². The molecule has 0 radical (unpaired) electrons. The maximum absolute atomic E-state index is 9.95. The van der Waals surface area contributed by atoms with E-state index in [4.69, 9.17) is 11.6 Å². The Bertz CT molecular complexity index is 309. The van der Waals surface area contributed by atoms with Crippen LogP contribution in [-0.2, 0) is 6.42 Å². The Morgan fingerprint density at radius 2 is 2.06 bits per heavy atom. The Kier molecular flexibility index (Phi) is 5.86. The second-order valence-electron chi connectivity index (χ2n) is 4.69. The first-order valence-electron chi connectivity index (χ1n) is 5.96. The molecule has 0 spiro atoms. The number of hydrogen-bond donors (Lipinski definition) is 1. The highest BCUT2D eigenvalue weighted by Crippen LogP contribution is 2.20. The third kappa shape index (κ3) is 4.54. The minimum Gasteiger partial charge on any atom is -0.388 e. The molecular formula is C14H21ClO. The molecule has 1 nitrogen and oxygen atoms in total. The van der Waals surface area contributed by atoms with Crippen molar-refractivity contribution in [1.29, 1.82) is 0 Å². The summed E-state index contributed by atoms with van der Waals surface area (Å²) < 4.78 is 0. The fourth-order valence-corrected chi connectivity index (χ4v) is 1.99. The first kappa shape index (κ1) is 13.5. The monoisotopic (exact) mass is 240 g/mol. The summed E-state index contributed by atoms with van der Waals surface area (Å²) in [6, 6.07) is 8.25. The number of benzene rings is 1. The van der Waals surface area contributed by atoms with E-state index in [1.165, 1.54) is 5.56 Å². The van der Waals surface area contributed by atoms with Gasteiger partial charge in [0.25, 0.3) is 0 Å². The van der Waals surface area contributed by atoms with Crippen molar-refractivity contribution in [3.63, 3.8) is 0 Å². The van der Waals surface area contributed by atoms with Gasteiger partial charge < -0.3 is 5.11 Å². The van der Waals surface area contributed by atoms with Gasteiger partial charge in [0.2, 0.25) is 0 Å². The highest BCUT2D eigenvalue weighted by Gasteiger charge is 2.07. The Balaban J connectivity index is 2.65. The highest BCUT2D eigenvalue weighted by atomic mass is 35.5. The molecule has 0 amide bonds. The van der Waals surface area contributed by atoms with Crippen molar-refractivity contribution >= 4 is 11.6 Å². The molecule has 1 rings (SSSR count). The van der Waals surface area contributed by atoms with Crippen molar-refractivity contribution < 1.29 is 5.11 Å². The second kappa shape index (κ2) is 6.93. The molecule has 0 heterocycles. The predicted molar refractivity (Wildman–Crippen MR) is 69.9 cm³/mol. The Morgan fingerprint density at radius 3 is 2.69 bits per heavy atom. The molecule has 0 fully saturated rings. The van der Waals surface area contributed by atoms with Crippen LogP contribution in [0.15, 0.2) is 24.3 Å². The second-order valence-corrected chi connectivity index (χ2v) is 5.07. The van der Waals surface area contributed by atoms with Gasteiger partial charge in [0.1, 0.15) is 0 Å². The number of aliphatic hydroxyl groups is 1. The maximum Gasteiger partial charge on any atom is 0.0790 e. The van der Waals surface area contributed by atoms with E-state index in [9.17, 15) is 5.11 Å². The summed E-state index contributed by atoms with van der Waals surface area (Å²) in [5.41, 5.74) is 2.32. The number of rotatable bonds is 6. The van der Waals surface area contributed by atoms with Crippen LogP contribution >= 0.6 is 11.6 Å². The molecule has 1 atom stereocenters. The van der Waals surface area contributed by atoms with E-state index in [0.29, 0.717) is 11.8 Å². The summed E-state index contributed by atoms with van der Waals surface area (Å²) in [5, 5.41) is 9.95. The number of halogens is 1. The Labute approximate surface area is 103 Å². The maximum atomic E-state index is 9.95. The predicted octanol–water partition coefficient (Wildman–Crippen LogP) is 3.94. The van der Waals surface area contributed by atoms with Gasteiger partial charge in [-0.15, -0.1) is 11.6 Å². The van der Waals surface area contributed by atoms with Crippen molar-refractivity contribution in [3.8, 4) is 0 Å². The lowest BCUT2D eigenvalue weighted by atomic mass is 9.98. The smallest absolute Gasteiger partial charge is 0.0790 e. The molecule has 0 aromatic heterocycles. The fourth-order valence-electron chi connectivity index (χ4n) is 1.84. The zero-order chi connectivity index (χ0) is 12.0. The van der Waals surface area contributed by atoms with Gasteiger partial charge in [-0.05, 0) is 36.3 Å². The summed E-state index contributed by atoms with van der Waals surface area (Å²) in [7, 11) is 0. The number of alkyl halides is 1. The van der Waals surface area contributed by atoms with Gasteiger partial charge >= 0.3 is 0 Å². The van der Waals surface area contributed by atoms with E-state index in [1.807, 2.05) is 12.1 Å². The summed E-state index contributed by atoms with van der Waals surface area (Å²) in [4.78, 5) is 0. The lowest BCUT2D eigenvalue weighted by Gasteiger charge is -2.12. The molecule has 16 heavy (non-hydrogen) atoms. The molecule has 1 aromatic rings. The van der Waals surface area contributed by atoms with E-state index in [0.717, 1.165) is 24.8 Å². The Hall–Kier alpha value is -0.530. The SMILES string of the molecule is CC(C)Cc1cccc(C(O)CCCCl)c1. The molecule has 2 heteroatoms. The van der Waals surface area contributed by atoms with Crippen LogP contribution in [-0.4, -0.2) is 11.0 Å². The lowest BCUT2D eigenvalue weighted by Crippen LogP contribution is -2.00. The van der Waals surface area contributed by atoms with Crippen molar-refractivity contribution in [1.82, 2.24) is 0 Å². The van der Waals surface area contributed by atoms with Crippen LogP contribution in [0.4, 0.5) is 0 Å². The highest BCUT2D eigenvalue weighted by molar-refractivity contribution is 6.17. The summed E-state index contributed by atoms with van der Waals surface area (Å²) in [6.07, 6.45) is 2.30. The molecule has 0 aliphatic rings. The molecule has 90 valence electrons. The molecule has 1 unspecified atom stereocenters. The minimum absolute atomic E-state index is 0.370. The van der Waals surface area contributed by atoms with Gasteiger partial charge in [0.05, 0.1) is 6.10 Å². The largest absolute Gasteiger partial charge is 0.388 e. The van der Waals surface area contributed by atoms with Crippen LogP contribution in [0.3, 0.4) is 0 Å².